The summed E-state index contributed by atoms with van der Waals surface area (Å²) >= 11 is 0. The lowest BCUT2D eigenvalue weighted by molar-refractivity contribution is 0.361. The highest BCUT2D eigenvalue weighted by Gasteiger charge is 2.08. The highest BCUT2D eigenvalue weighted by Crippen LogP contribution is 2.14. The van der Waals surface area contributed by atoms with Crippen molar-refractivity contribution in [3.63, 3.8) is 0 Å². The molecule has 0 atom stereocenters. The molecule has 1 N–H and O–H groups in total. The van der Waals surface area contributed by atoms with Crippen LogP contribution in [0.5, 0.6) is 5.75 Å². The van der Waals surface area contributed by atoms with Gasteiger partial charge < -0.3 is 10.1 Å². The number of ether oxygens (including phenoxy) is 1. The Kier molecular flexibility index (Phi) is 5.23. The van der Waals surface area contributed by atoms with Crippen LogP contribution in [0.2, 0.25) is 0 Å². The zero-order valence-corrected chi connectivity index (χ0v) is 11.3. The lowest BCUT2D eigenvalue weighted by Crippen LogP contribution is -2.35. The van der Waals surface area contributed by atoms with Crippen LogP contribution >= 0.6 is 0 Å². The van der Waals surface area contributed by atoms with Crippen molar-refractivity contribution < 1.29 is 4.74 Å². The molecule has 1 aromatic rings. The molecule has 17 heavy (non-hydrogen) atoms. The molecule has 94 valence electrons. The molecule has 0 spiro atoms. The van der Waals surface area contributed by atoms with E-state index in [0.29, 0.717) is 6.61 Å². The van der Waals surface area contributed by atoms with Crippen molar-refractivity contribution in [3.05, 3.63) is 42.0 Å². The normalized spacial score (nSPS) is 12.0. The van der Waals surface area contributed by atoms with Gasteiger partial charge in [0.15, 0.2) is 0 Å². The summed E-state index contributed by atoms with van der Waals surface area (Å²) in [5.74, 6) is 0.927. The highest BCUT2D eigenvalue weighted by molar-refractivity contribution is 5.28. The van der Waals surface area contributed by atoms with Crippen molar-refractivity contribution in [1.82, 2.24) is 5.32 Å². The molecule has 1 aromatic carbocycles. The molecule has 0 aliphatic rings. The number of nitrogens with one attached hydrogen (secondary N) is 1. The summed E-state index contributed by atoms with van der Waals surface area (Å²) in [5, 5.41) is 3.46. The molecule has 0 aromatic heterocycles. The second-order valence-corrected chi connectivity index (χ2v) is 5.13. The van der Waals surface area contributed by atoms with Gasteiger partial charge in [0.25, 0.3) is 0 Å². The van der Waals surface area contributed by atoms with E-state index in [1.54, 1.807) is 0 Å². The molecule has 2 nitrogen and oxygen atoms in total. The van der Waals surface area contributed by atoms with Crippen LogP contribution in [0, 0.1) is 0 Å². The lowest BCUT2D eigenvalue weighted by atomic mass is 10.1. The molecular weight excluding hydrogens is 210 g/mol. The van der Waals surface area contributed by atoms with Gasteiger partial charge in [-0.05, 0) is 45.4 Å². The van der Waals surface area contributed by atoms with Crippen LogP contribution in [0.15, 0.2) is 36.4 Å². The predicted molar refractivity (Wildman–Crippen MR) is 73.3 cm³/mol. The van der Waals surface area contributed by atoms with Gasteiger partial charge in [0, 0.05) is 12.1 Å². The van der Waals surface area contributed by atoms with Crippen molar-refractivity contribution in [2.24, 2.45) is 0 Å². The predicted octanol–water partition coefficient (Wildman–Crippen LogP) is 3.53. The quantitative estimate of drug-likeness (QED) is 0.786. The lowest BCUT2D eigenvalue weighted by Gasteiger charge is -2.20. The molecule has 0 amide bonds. The first-order chi connectivity index (χ1) is 8.01. The van der Waals surface area contributed by atoms with E-state index in [0.717, 1.165) is 12.3 Å². The van der Waals surface area contributed by atoms with Crippen LogP contribution in [0.25, 0.3) is 0 Å². The SMILES string of the molecule is C/C=C/COc1cccc(CNC(C)(C)C)c1. The van der Waals surface area contributed by atoms with Gasteiger partial charge in [0.05, 0.1) is 0 Å². The van der Waals surface area contributed by atoms with Crippen LogP contribution in [0.4, 0.5) is 0 Å². The Hall–Kier alpha value is -1.28. The number of benzene rings is 1. The first-order valence-electron chi connectivity index (χ1n) is 6.09. The van der Waals surface area contributed by atoms with Crippen LogP contribution in [-0.4, -0.2) is 12.1 Å². The Morgan fingerprint density at radius 3 is 2.71 bits per heavy atom. The van der Waals surface area contributed by atoms with Crippen molar-refractivity contribution >= 4 is 0 Å². The minimum Gasteiger partial charge on any atom is -0.490 e. The largest absolute Gasteiger partial charge is 0.490 e. The molecule has 0 saturated carbocycles. The third-order valence-corrected chi connectivity index (χ3v) is 2.30. The summed E-state index contributed by atoms with van der Waals surface area (Å²) in [6.07, 6.45) is 3.99. The molecule has 2 heteroatoms. The maximum atomic E-state index is 5.60. The van der Waals surface area contributed by atoms with E-state index in [9.17, 15) is 0 Å². The van der Waals surface area contributed by atoms with Crippen molar-refractivity contribution in [2.45, 2.75) is 39.8 Å². The van der Waals surface area contributed by atoms with Crippen molar-refractivity contribution in [3.8, 4) is 5.75 Å². The maximum Gasteiger partial charge on any atom is 0.120 e. The van der Waals surface area contributed by atoms with Gasteiger partial charge in [-0.1, -0.05) is 24.3 Å². The fourth-order valence-corrected chi connectivity index (χ4v) is 1.35. The summed E-state index contributed by atoms with van der Waals surface area (Å²) in [5.41, 5.74) is 1.39. The number of allylic oxidation sites excluding steroid dienone is 1. The zero-order valence-electron chi connectivity index (χ0n) is 11.3. The molecule has 0 heterocycles. The smallest absolute Gasteiger partial charge is 0.120 e. The first kappa shape index (κ1) is 13.8. The van der Waals surface area contributed by atoms with Gasteiger partial charge in [0.2, 0.25) is 0 Å². The monoisotopic (exact) mass is 233 g/mol. The minimum atomic E-state index is 0.141. The fraction of sp³-hybridized carbons (Fsp3) is 0.467. The molecular formula is C15H23NO. The summed E-state index contributed by atoms with van der Waals surface area (Å²) < 4.78 is 5.60. The van der Waals surface area contributed by atoms with Crippen LogP contribution in [0.3, 0.4) is 0 Å². The maximum absolute atomic E-state index is 5.60. The van der Waals surface area contributed by atoms with Crippen molar-refractivity contribution in [1.29, 1.82) is 0 Å². The molecule has 0 aliphatic carbocycles. The van der Waals surface area contributed by atoms with Gasteiger partial charge >= 0.3 is 0 Å². The van der Waals surface area contributed by atoms with Gasteiger partial charge in [0.1, 0.15) is 12.4 Å². The second kappa shape index (κ2) is 6.45. The Labute approximate surface area is 105 Å². The van der Waals surface area contributed by atoms with Gasteiger partial charge in [-0.3, -0.25) is 0 Å². The van der Waals surface area contributed by atoms with Crippen LogP contribution in [-0.2, 0) is 6.54 Å². The Balaban J connectivity index is 2.53. The fourth-order valence-electron chi connectivity index (χ4n) is 1.35. The number of hydrogen-bond donors (Lipinski definition) is 1. The molecule has 0 radical (unpaired) electrons. The summed E-state index contributed by atoms with van der Waals surface area (Å²) in [7, 11) is 0. The zero-order chi connectivity index (χ0) is 12.7. The van der Waals surface area contributed by atoms with Crippen LogP contribution < -0.4 is 10.1 Å². The topological polar surface area (TPSA) is 21.3 Å². The molecule has 0 bridgehead atoms. The van der Waals surface area contributed by atoms with E-state index >= 15 is 0 Å². The van der Waals surface area contributed by atoms with E-state index in [-0.39, 0.29) is 5.54 Å². The highest BCUT2D eigenvalue weighted by atomic mass is 16.5. The van der Waals surface area contributed by atoms with Crippen LogP contribution in [0.1, 0.15) is 33.3 Å². The average Bonchev–Trinajstić information content (AvgIpc) is 2.27. The van der Waals surface area contributed by atoms with E-state index < -0.39 is 0 Å². The summed E-state index contributed by atoms with van der Waals surface area (Å²) in [4.78, 5) is 0. The van der Waals surface area contributed by atoms with E-state index in [2.05, 4.69) is 38.2 Å². The summed E-state index contributed by atoms with van der Waals surface area (Å²) in [6, 6.07) is 8.22. The Morgan fingerprint density at radius 2 is 2.06 bits per heavy atom. The number of hydrogen-bond acceptors (Lipinski definition) is 2. The minimum absolute atomic E-state index is 0.141. The van der Waals surface area contributed by atoms with E-state index in [1.165, 1.54) is 5.56 Å². The van der Waals surface area contributed by atoms with E-state index in [4.69, 9.17) is 4.74 Å². The molecule has 0 fully saturated rings. The second-order valence-electron chi connectivity index (χ2n) is 5.13. The standard InChI is InChI=1S/C15H23NO/c1-5-6-10-17-14-9-7-8-13(11-14)12-16-15(2,3)4/h5-9,11,16H,10,12H2,1-4H3/b6-5+. The Morgan fingerprint density at radius 1 is 1.29 bits per heavy atom. The average molecular weight is 233 g/mol. The third kappa shape index (κ3) is 6.12. The molecule has 1 rings (SSSR count). The molecule has 0 aliphatic heterocycles. The Bertz CT molecular complexity index is 363. The van der Waals surface area contributed by atoms with Gasteiger partial charge in [-0.15, -0.1) is 0 Å². The number of rotatable bonds is 5. The van der Waals surface area contributed by atoms with Gasteiger partial charge in [-0.2, -0.15) is 0 Å². The van der Waals surface area contributed by atoms with Crippen molar-refractivity contribution in [2.75, 3.05) is 6.61 Å². The van der Waals surface area contributed by atoms with E-state index in [1.807, 2.05) is 31.2 Å². The summed E-state index contributed by atoms with van der Waals surface area (Å²) in [6.45, 7) is 9.99. The third-order valence-electron chi connectivity index (χ3n) is 2.30. The van der Waals surface area contributed by atoms with Gasteiger partial charge in [-0.25, -0.2) is 0 Å². The first-order valence-corrected chi connectivity index (χ1v) is 6.09. The molecule has 0 saturated heterocycles. The molecule has 0 unspecified atom stereocenters.